The van der Waals surface area contributed by atoms with Crippen molar-refractivity contribution < 1.29 is 4.74 Å². The minimum Gasteiger partial charge on any atom is -0.497 e. The maximum Gasteiger partial charge on any atom is 0.119 e. The molecule has 0 atom stereocenters. The Kier molecular flexibility index (Phi) is 6.87. The van der Waals surface area contributed by atoms with E-state index in [2.05, 4.69) is 89.7 Å². The van der Waals surface area contributed by atoms with Crippen LogP contribution in [-0.4, -0.2) is 35.9 Å². The molecule has 5 nitrogen and oxygen atoms in total. The van der Waals surface area contributed by atoms with Crippen LogP contribution in [0.4, 0.5) is 5.69 Å². The number of hydrogen-bond acceptors (Lipinski definition) is 4. The molecule has 0 unspecified atom stereocenters. The van der Waals surface area contributed by atoms with Gasteiger partial charge in [0.1, 0.15) is 5.75 Å². The third-order valence-electron chi connectivity index (χ3n) is 5.39. The number of benzene rings is 3. The lowest BCUT2D eigenvalue weighted by Gasteiger charge is -2.26. The monoisotopic (exact) mass is 426 g/mol. The van der Waals surface area contributed by atoms with Crippen LogP contribution in [0.15, 0.2) is 91.3 Å². The first-order chi connectivity index (χ1) is 15.6. The van der Waals surface area contributed by atoms with Gasteiger partial charge in [-0.2, -0.15) is 5.10 Å². The Morgan fingerprint density at radius 1 is 0.781 bits per heavy atom. The predicted octanol–water partition coefficient (Wildman–Crippen LogP) is 5.15. The van der Waals surface area contributed by atoms with Crippen molar-refractivity contribution in [3.05, 3.63) is 108 Å². The average molecular weight is 427 g/mol. The van der Waals surface area contributed by atoms with E-state index in [0.717, 1.165) is 31.1 Å². The first kappa shape index (κ1) is 21.7. The summed E-state index contributed by atoms with van der Waals surface area (Å²) in [5, 5.41) is 4.32. The number of anilines is 1. The summed E-state index contributed by atoms with van der Waals surface area (Å²) in [7, 11) is 5.90. The Balaban J connectivity index is 1.57. The molecule has 0 N–H and O–H groups in total. The summed E-state index contributed by atoms with van der Waals surface area (Å²) in [6.45, 7) is 2.54. The number of hydrogen-bond donors (Lipinski definition) is 0. The first-order valence-corrected chi connectivity index (χ1v) is 10.8. The Labute approximate surface area is 190 Å². The third-order valence-corrected chi connectivity index (χ3v) is 5.39. The smallest absolute Gasteiger partial charge is 0.119 e. The zero-order valence-electron chi connectivity index (χ0n) is 19.0. The molecule has 0 aliphatic rings. The molecule has 0 saturated heterocycles. The maximum absolute atomic E-state index is 5.43. The van der Waals surface area contributed by atoms with E-state index in [-0.39, 0.29) is 0 Å². The topological polar surface area (TPSA) is 33.5 Å². The number of aromatic nitrogens is 2. The highest BCUT2D eigenvalue weighted by molar-refractivity contribution is 5.49. The molecule has 164 valence electrons. The molecule has 0 radical (unpaired) electrons. The fraction of sp³-hybridized carbons (Fsp3) is 0.222. The van der Waals surface area contributed by atoms with Crippen molar-refractivity contribution in [2.75, 3.05) is 26.1 Å². The number of methoxy groups -OCH3 is 1. The summed E-state index contributed by atoms with van der Waals surface area (Å²) < 4.78 is 7.31. The molecule has 5 heteroatoms. The van der Waals surface area contributed by atoms with Gasteiger partial charge >= 0.3 is 0 Å². The standard InChI is InChI=1S/C27H30N4O/c1-29(2)19-22-8-12-25(13-9-22)30(21-24-6-4-7-27(18-24)32-3)20-23-10-14-26(15-11-23)31-17-5-16-28-31/h4-18H,19-21H2,1-3H3. The summed E-state index contributed by atoms with van der Waals surface area (Å²) >= 11 is 0. The SMILES string of the molecule is COc1cccc(CN(Cc2ccc(-n3cccn3)cc2)c2ccc(CN(C)C)cc2)c1. The Hall–Kier alpha value is -3.57. The molecule has 0 fully saturated rings. The summed E-state index contributed by atoms with van der Waals surface area (Å²) in [6, 6.07) is 27.7. The predicted molar refractivity (Wildman–Crippen MR) is 130 cm³/mol. The van der Waals surface area contributed by atoms with E-state index >= 15 is 0 Å². The second-order valence-electron chi connectivity index (χ2n) is 8.23. The molecule has 1 heterocycles. The van der Waals surface area contributed by atoms with E-state index in [1.54, 1.807) is 13.3 Å². The Bertz CT molecular complexity index is 1100. The van der Waals surface area contributed by atoms with Gasteiger partial charge in [-0.3, -0.25) is 0 Å². The van der Waals surface area contributed by atoms with Crippen molar-refractivity contribution in [3.63, 3.8) is 0 Å². The van der Waals surface area contributed by atoms with Crippen LogP contribution in [0, 0.1) is 0 Å². The van der Waals surface area contributed by atoms with Gasteiger partial charge in [0.25, 0.3) is 0 Å². The van der Waals surface area contributed by atoms with Crippen molar-refractivity contribution in [3.8, 4) is 11.4 Å². The van der Waals surface area contributed by atoms with Crippen LogP contribution in [-0.2, 0) is 19.6 Å². The minimum absolute atomic E-state index is 0.797. The molecular weight excluding hydrogens is 396 g/mol. The van der Waals surface area contributed by atoms with Crippen LogP contribution in [0.1, 0.15) is 16.7 Å². The minimum atomic E-state index is 0.797. The van der Waals surface area contributed by atoms with E-state index in [1.807, 2.05) is 29.1 Å². The summed E-state index contributed by atoms with van der Waals surface area (Å²) in [5.41, 5.74) is 6.04. The largest absolute Gasteiger partial charge is 0.497 e. The fourth-order valence-corrected chi connectivity index (χ4v) is 3.80. The number of rotatable bonds is 9. The Morgan fingerprint density at radius 2 is 1.47 bits per heavy atom. The second kappa shape index (κ2) is 10.2. The molecule has 0 aliphatic carbocycles. The number of nitrogens with zero attached hydrogens (tertiary/aromatic N) is 4. The normalized spacial score (nSPS) is 11.0. The van der Waals surface area contributed by atoms with Gasteiger partial charge in [0, 0.05) is 37.7 Å². The molecule has 0 amide bonds. The summed E-state index contributed by atoms with van der Waals surface area (Å²) in [6.07, 6.45) is 3.75. The van der Waals surface area contributed by atoms with E-state index in [9.17, 15) is 0 Å². The molecule has 0 spiro atoms. The molecule has 4 aromatic rings. The van der Waals surface area contributed by atoms with E-state index in [1.165, 1.54) is 22.4 Å². The van der Waals surface area contributed by atoms with Gasteiger partial charge in [-0.05, 0) is 73.3 Å². The van der Waals surface area contributed by atoms with Gasteiger partial charge in [0.2, 0.25) is 0 Å². The highest BCUT2D eigenvalue weighted by Gasteiger charge is 2.10. The fourth-order valence-electron chi connectivity index (χ4n) is 3.80. The zero-order chi connectivity index (χ0) is 22.3. The van der Waals surface area contributed by atoms with E-state index in [4.69, 9.17) is 4.74 Å². The quantitative estimate of drug-likeness (QED) is 0.371. The zero-order valence-corrected chi connectivity index (χ0v) is 19.0. The van der Waals surface area contributed by atoms with Crippen LogP contribution in [0.2, 0.25) is 0 Å². The van der Waals surface area contributed by atoms with Gasteiger partial charge in [0.05, 0.1) is 12.8 Å². The lowest BCUT2D eigenvalue weighted by Crippen LogP contribution is -2.22. The van der Waals surface area contributed by atoms with Crippen LogP contribution in [0.25, 0.3) is 5.69 Å². The van der Waals surface area contributed by atoms with Crippen molar-refractivity contribution in [1.82, 2.24) is 14.7 Å². The summed E-state index contributed by atoms with van der Waals surface area (Å²) in [5.74, 6) is 0.882. The van der Waals surface area contributed by atoms with Gasteiger partial charge in [0.15, 0.2) is 0 Å². The van der Waals surface area contributed by atoms with Gasteiger partial charge in [-0.15, -0.1) is 0 Å². The van der Waals surface area contributed by atoms with Gasteiger partial charge in [-0.1, -0.05) is 36.4 Å². The summed E-state index contributed by atoms with van der Waals surface area (Å²) in [4.78, 5) is 4.58. The van der Waals surface area contributed by atoms with Crippen molar-refractivity contribution >= 4 is 5.69 Å². The van der Waals surface area contributed by atoms with Crippen molar-refractivity contribution in [1.29, 1.82) is 0 Å². The first-order valence-electron chi connectivity index (χ1n) is 10.8. The average Bonchev–Trinajstić information content (AvgIpc) is 3.34. The van der Waals surface area contributed by atoms with E-state index < -0.39 is 0 Å². The lowest BCUT2D eigenvalue weighted by atomic mass is 10.1. The van der Waals surface area contributed by atoms with Gasteiger partial charge in [-0.25, -0.2) is 4.68 Å². The van der Waals surface area contributed by atoms with Crippen LogP contribution in [0.5, 0.6) is 5.75 Å². The maximum atomic E-state index is 5.43. The molecule has 0 aliphatic heterocycles. The molecule has 0 saturated carbocycles. The molecule has 32 heavy (non-hydrogen) atoms. The number of ether oxygens (including phenoxy) is 1. The lowest BCUT2D eigenvalue weighted by molar-refractivity contribution is 0.402. The molecular formula is C27H30N4O. The highest BCUT2D eigenvalue weighted by Crippen LogP contribution is 2.23. The third kappa shape index (κ3) is 5.56. The van der Waals surface area contributed by atoms with Gasteiger partial charge < -0.3 is 14.5 Å². The highest BCUT2D eigenvalue weighted by atomic mass is 16.5. The Morgan fingerprint density at radius 3 is 2.12 bits per heavy atom. The second-order valence-corrected chi connectivity index (χ2v) is 8.23. The van der Waals surface area contributed by atoms with Crippen molar-refractivity contribution in [2.24, 2.45) is 0 Å². The van der Waals surface area contributed by atoms with Crippen LogP contribution >= 0.6 is 0 Å². The van der Waals surface area contributed by atoms with E-state index in [0.29, 0.717) is 0 Å². The van der Waals surface area contributed by atoms with Crippen molar-refractivity contribution in [2.45, 2.75) is 19.6 Å². The van der Waals surface area contributed by atoms with Crippen LogP contribution in [0.3, 0.4) is 0 Å². The molecule has 1 aromatic heterocycles. The molecule has 3 aromatic carbocycles. The molecule has 0 bridgehead atoms. The molecule has 4 rings (SSSR count). The van der Waals surface area contributed by atoms with Crippen LogP contribution < -0.4 is 9.64 Å².